The van der Waals surface area contributed by atoms with Crippen molar-refractivity contribution in [3.63, 3.8) is 0 Å². The summed E-state index contributed by atoms with van der Waals surface area (Å²) in [6.07, 6.45) is -9.76. The Morgan fingerprint density at radius 1 is 1.23 bits per heavy atom. The first-order valence-corrected chi connectivity index (χ1v) is 9.33. The van der Waals surface area contributed by atoms with E-state index >= 15 is 0 Å². The Kier molecular flexibility index (Phi) is 7.35. The van der Waals surface area contributed by atoms with Gasteiger partial charge in [0.05, 0.1) is 12.3 Å². The Bertz CT molecular complexity index is 943. The summed E-state index contributed by atoms with van der Waals surface area (Å²) in [5.74, 6) is -1.70. The molecule has 2 aromatic rings. The maximum absolute atomic E-state index is 13.0. The average Bonchev–Trinajstić information content (AvgIpc) is 2.96. The highest BCUT2D eigenvalue weighted by molar-refractivity contribution is 6.36. The number of benzene rings is 1. The minimum atomic E-state index is -5.14. The number of carbonyl (C=O) groups excluding carboxylic acids is 1. The highest BCUT2D eigenvalue weighted by Crippen LogP contribution is 2.41. The number of esters is 1. The van der Waals surface area contributed by atoms with Gasteiger partial charge in [0.1, 0.15) is 16.8 Å². The molecule has 13 heteroatoms. The number of ether oxygens (including phenoxy) is 2. The first-order chi connectivity index (χ1) is 14.3. The molecule has 0 fully saturated rings. The maximum atomic E-state index is 13.0. The summed E-state index contributed by atoms with van der Waals surface area (Å²) >= 11 is 6.22. The van der Waals surface area contributed by atoms with Gasteiger partial charge in [-0.3, -0.25) is 4.68 Å². The average molecular weight is 474 g/mol. The molecule has 1 heterocycles. The third-order valence-electron chi connectivity index (χ3n) is 4.00. The second-order valence-corrected chi connectivity index (χ2v) is 6.59. The molecule has 0 aliphatic carbocycles. The van der Waals surface area contributed by atoms with E-state index in [9.17, 15) is 31.1 Å². The Morgan fingerprint density at radius 3 is 2.39 bits per heavy atom. The van der Waals surface area contributed by atoms with Gasteiger partial charge < -0.3 is 14.8 Å². The zero-order valence-electron chi connectivity index (χ0n) is 16.5. The van der Waals surface area contributed by atoms with Crippen LogP contribution in [0.1, 0.15) is 31.3 Å². The highest BCUT2D eigenvalue weighted by Gasteiger charge is 2.37. The van der Waals surface area contributed by atoms with Crippen LogP contribution in [0.2, 0.25) is 5.02 Å². The van der Waals surface area contributed by atoms with Crippen molar-refractivity contribution in [3.8, 4) is 17.0 Å². The molecule has 0 aliphatic heterocycles. The van der Waals surface area contributed by atoms with Gasteiger partial charge in [-0.15, -0.1) is 13.2 Å². The summed E-state index contributed by atoms with van der Waals surface area (Å²) in [7, 11) is 0. The molecule has 0 unspecified atom stereocenters. The fourth-order valence-corrected chi connectivity index (χ4v) is 2.92. The van der Waals surface area contributed by atoms with Gasteiger partial charge >= 0.3 is 18.5 Å². The molecular formula is C18H18ClF6N3O3. The molecule has 1 atom stereocenters. The molecule has 31 heavy (non-hydrogen) atoms. The van der Waals surface area contributed by atoms with Gasteiger partial charge in [0.25, 0.3) is 0 Å². The summed E-state index contributed by atoms with van der Waals surface area (Å²) in [6.45, 7) is 4.10. The van der Waals surface area contributed by atoms with Crippen LogP contribution >= 0.6 is 11.6 Å². The largest absolute Gasteiger partial charge is 0.573 e. The van der Waals surface area contributed by atoms with Crippen molar-refractivity contribution in [1.82, 2.24) is 9.78 Å². The minimum Gasteiger partial charge on any atom is -0.461 e. The van der Waals surface area contributed by atoms with Crippen LogP contribution < -0.4 is 10.1 Å². The fraction of sp³-hybridized carbons (Fsp3) is 0.444. The van der Waals surface area contributed by atoms with Crippen LogP contribution in [-0.4, -0.2) is 40.9 Å². The third kappa shape index (κ3) is 5.96. The van der Waals surface area contributed by atoms with E-state index in [2.05, 4.69) is 15.2 Å². The molecule has 172 valence electrons. The van der Waals surface area contributed by atoms with Gasteiger partial charge in [-0.1, -0.05) is 11.6 Å². The van der Waals surface area contributed by atoms with Gasteiger partial charge in [0, 0.05) is 23.9 Å². The molecule has 0 aliphatic rings. The lowest BCUT2D eigenvalue weighted by Gasteiger charge is -2.20. The van der Waals surface area contributed by atoms with Crippen molar-refractivity contribution in [1.29, 1.82) is 0 Å². The molecule has 6 nitrogen and oxygen atoms in total. The molecule has 0 saturated carbocycles. The first-order valence-electron chi connectivity index (χ1n) is 8.95. The van der Waals surface area contributed by atoms with E-state index in [-0.39, 0.29) is 40.8 Å². The number of rotatable bonds is 7. The molecule has 0 bridgehead atoms. The monoisotopic (exact) mass is 473 g/mol. The van der Waals surface area contributed by atoms with Crippen LogP contribution in [0.15, 0.2) is 18.2 Å². The zero-order valence-corrected chi connectivity index (χ0v) is 17.2. The molecule has 1 N–H and O–H groups in total. The van der Waals surface area contributed by atoms with E-state index < -0.39 is 30.3 Å². The van der Waals surface area contributed by atoms with Crippen LogP contribution in [0.5, 0.6) is 5.75 Å². The van der Waals surface area contributed by atoms with Gasteiger partial charge in [0.15, 0.2) is 5.69 Å². The first kappa shape index (κ1) is 24.6. The molecular weight excluding hydrogens is 456 g/mol. The van der Waals surface area contributed by atoms with E-state index in [0.29, 0.717) is 0 Å². The van der Waals surface area contributed by atoms with Crippen LogP contribution in [-0.2, 0) is 11.3 Å². The predicted octanol–water partition coefficient (Wildman–Crippen LogP) is 5.66. The zero-order chi connectivity index (χ0) is 23.6. The lowest BCUT2D eigenvalue weighted by Crippen LogP contribution is -2.33. The van der Waals surface area contributed by atoms with Crippen molar-refractivity contribution >= 4 is 23.3 Å². The van der Waals surface area contributed by atoms with Crippen molar-refractivity contribution in [2.24, 2.45) is 0 Å². The van der Waals surface area contributed by atoms with Crippen LogP contribution in [0.25, 0.3) is 11.3 Å². The highest BCUT2D eigenvalue weighted by atomic mass is 35.5. The van der Waals surface area contributed by atoms with E-state index in [1.54, 1.807) is 13.8 Å². The Morgan fingerprint density at radius 2 is 1.87 bits per heavy atom. The summed E-state index contributed by atoms with van der Waals surface area (Å²) in [4.78, 5) is 12.1. The predicted molar refractivity (Wildman–Crippen MR) is 100 cm³/mol. The van der Waals surface area contributed by atoms with Crippen molar-refractivity contribution in [2.45, 2.75) is 45.9 Å². The number of hydrogen-bond donors (Lipinski definition) is 1. The maximum Gasteiger partial charge on any atom is 0.573 e. The van der Waals surface area contributed by atoms with E-state index in [4.69, 9.17) is 16.3 Å². The number of carbonyl (C=O) groups is 1. The molecule has 2 rings (SSSR count). The van der Waals surface area contributed by atoms with Gasteiger partial charge in [-0.2, -0.15) is 18.3 Å². The molecule has 0 saturated heterocycles. The van der Waals surface area contributed by atoms with E-state index in [1.165, 1.54) is 4.68 Å². The SMILES string of the molecule is CCOC(=O)c1nn(CC)c(-c2ccc(N[C@H](C)C(F)(F)F)cc2OC(F)(F)F)c1Cl. The molecule has 0 spiro atoms. The number of aryl methyl sites for hydroxylation is 1. The molecule has 1 aromatic heterocycles. The van der Waals surface area contributed by atoms with E-state index in [0.717, 1.165) is 25.1 Å². The Labute approximate surface area is 178 Å². The Hall–Kier alpha value is -2.63. The number of nitrogens with one attached hydrogen (secondary N) is 1. The summed E-state index contributed by atoms with van der Waals surface area (Å²) < 4.78 is 87.4. The number of halogens is 7. The molecule has 1 aromatic carbocycles. The van der Waals surface area contributed by atoms with Crippen LogP contribution in [0.3, 0.4) is 0 Å². The minimum absolute atomic E-state index is 0.0175. The summed E-state index contributed by atoms with van der Waals surface area (Å²) in [6, 6.07) is 0.959. The standard InChI is InChI=1S/C18H18ClF6N3O3/c1-4-28-15(13(19)14(27-28)16(29)30-5-2)11-7-6-10(26-9(3)17(20,21)22)8-12(11)31-18(23,24)25/h6-9,26H,4-5H2,1-3H3/t9-/m1/s1. The lowest BCUT2D eigenvalue weighted by atomic mass is 10.1. The van der Waals surface area contributed by atoms with Crippen LogP contribution in [0.4, 0.5) is 32.0 Å². The van der Waals surface area contributed by atoms with Crippen molar-refractivity contribution < 1.29 is 40.6 Å². The molecule has 0 radical (unpaired) electrons. The quantitative estimate of drug-likeness (QED) is 0.415. The normalized spacial score (nSPS) is 13.1. The Balaban J connectivity index is 2.61. The number of alkyl halides is 6. The second kappa shape index (κ2) is 9.25. The number of aromatic nitrogens is 2. The number of hydrogen-bond acceptors (Lipinski definition) is 5. The number of anilines is 1. The summed E-state index contributed by atoms with van der Waals surface area (Å²) in [5.41, 5.74) is -0.886. The topological polar surface area (TPSA) is 65.4 Å². The third-order valence-corrected chi connectivity index (χ3v) is 4.36. The smallest absolute Gasteiger partial charge is 0.461 e. The van der Waals surface area contributed by atoms with E-state index in [1.807, 2.05) is 0 Å². The van der Waals surface area contributed by atoms with Gasteiger partial charge in [-0.25, -0.2) is 4.79 Å². The van der Waals surface area contributed by atoms with Crippen molar-refractivity contribution in [3.05, 3.63) is 28.9 Å². The van der Waals surface area contributed by atoms with Crippen molar-refractivity contribution in [2.75, 3.05) is 11.9 Å². The number of nitrogens with zero attached hydrogens (tertiary/aromatic N) is 2. The summed E-state index contributed by atoms with van der Waals surface area (Å²) in [5, 5.41) is 5.76. The van der Waals surface area contributed by atoms with Crippen LogP contribution in [0, 0.1) is 0 Å². The lowest BCUT2D eigenvalue weighted by molar-refractivity contribution is -0.274. The second-order valence-electron chi connectivity index (χ2n) is 6.21. The molecule has 0 amide bonds. The fourth-order valence-electron chi connectivity index (χ4n) is 2.60. The van der Waals surface area contributed by atoms with Gasteiger partial charge in [0.2, 0.25) is 0 Å². The van der Waals surface area contributed by atoms with Gasteiger partial charge in [-0.05, 0) is 32.9 Å².